The van der Waals surface area contributed by atoms with Gasteiger partial charge in [-0.15, -0.1) is 0 Å². The lowest BCUT2D eigenvalue weighted by Gasteiger charge is -2.44. The molecule has 1 aromatic rings. The Morgan fingerprint density at radius 2 is 1.40 bits per heavy atom. The quantitative estimate of drug-likeness (QED) is 0.422. The predicted octanol–water partition coefficient (Wildman–Crippen LogP) is 5.41. The van der Waals surface area contributed by atoms with Crippen LogP contribution in [0.1, 0.15) is 82.6 Å². The zero-order valence-corrected chi connectivity index (χ0v) is 26.0. The van der Waals surface area contributed by atoms with Crippen LogP contribution in [0.4, 0.5) is 4.79 Å². The van der Waals surface area contributed by atoms with Crippen molar-refractivity contribution in [1.82, 2.24) is 24.9 Å². The fourth-order valence-corrected chi connectivity index (χ4v) is 7.21. The summed E-state index contributed by atoms with van der Waals surface area (Å²) in [6.45, 7) is 1.42. The number of hydrogen-bond donors (Lipinski definition) is 1. The number of amides is 3. The number of piperidine rings is 1. The van der Waals surface area contributed by atoms with Crippen molar-refractivity contribution < 1.29 is 9.59 Å². The number of carbonyl (C=O) groups is 2. The molecule has 3 amide bonds. The van der Waals surface area contributed by atoms with Gasteiger partial charge >= 0.3 is 6.03 Å². The summed E-state index contributed by atoms with van der Waals surface area (Å²) in [7, 11) is 8.06. The van der Waals surface area contributed by atoms with E-state index < -0.39 is 0 Å². The average Bonchev–Trinajstić information content (AvgIpc) is 3.23. The molecule has 1 N–H and O–H groups in total. The van der Waals surface area contributed by atoms with Crippen LogP contribution in [0.5, 0.6) is 0 Å². The topological polar surface area (TPSA) is 59.1 Å². The summed E-state index contributed by atoms with van der Waals surface area (Å²) >= 11 is 6.15. The summed E-state index contributed by atoms with van der Waals surface area (Å²) in [5, 5.41) is 4.50. The Morgan fingerprint density at radius 1 is 0.825 bits per heavy atom. The average molecular weight is 574 g/mol. The fraction of sp³-hybridized carbons (Fsp3) is 0.750. The summed E-state index contributed by atoms with van der Waals surface area (Å²) < 4.78 is 0. The second-order valence-electron chi connectivity index (χ2n) is 12.8. The first-order chi connectivity index (χ1) is 19.2. The lowest BCUT2D eigenvalue weighted by Crippen LogP contribution is -2.57. The Kier molecular flexibility index (Phi) is 11.6. The van der Waals surface area contributed by atoms with E-state index >= 15 is 0 Å². The van der Waals surface area contributed by atoms with Crippen LogP contribution < -0.4 is 5.32 Å². The molecule has 1 atom stereocenters. The van der Waals surface area contributed by atoms with Crippen LogP contribution in [-0.2, 0) is 11.2 Å². The van der Waals surface area contributed by atoms with E-state index in [0.717, 1.165) is 56.9 Å². The second-order valence-corrected chi connectivity index (χ2v) is 13.2. The van der Waals surface area contributed by atoms with E-state index in [-0.39, 0.29) is 24.0 Å². The van der Waals surface area contributed by atoms with Gasteiger partial charge in [0.25, 0.3) is 0 Å². The minimum atomic E-state index is -0.250. The lowest BCUT2D eigenvalue weighted by molar-refractivity contribution is -0.135. The van der Waals surface area contributed by atoms with Crippen LogP contribution in [-0.4, -0.2) is 103 Å². The number of benzene rings is 1. The largest absolute Gasteiger partial charge is 0.341 e. The number of nitrogens with one attached hydrogen (secondary N) is 1. The molecule has 1 heterocycles. The van der Waals surface area contributed by atoms with Crippen molar-refractivity contribution in [1.29, 1.82) is 0 Å². The molecule has 4 rings (SSSR count). The van der Waals surface area contributed by atoms with Gasteiger partial charge in [0.05, 0.1) is 6.04 Å². The number of nitrogens with zero attached hydrogens (tertiary/aromatic N) is 4. The van der Waals surface area contributed by atoms with Crippen molar-refractivity contribution in [2.45, 2.75) is 114 Å². The molecule has 0 spiro atoms. The van der Waals surface area contributed by atoms with Gasteiger partial charge in [-0.25, -0.2) is 4.79 Å². The molecule has 1 aliphatic heterocycles. The van der Waals surface area contributed by atoms with Gasteiger partial charge in [0.15, 0.2) is 0 Å². The normalized spacial score (nSPS) is 24.0. The van der Waals surface area contributed by atoms with Gasteiger partial charge in [-0.2, -0.15) is 0 Å². The van der Waals surface area contributed by atoms with Crippen LogP contribution in [0.3, 0.4) is 0 Å². The van der Waals surface area contributed by atoms with Crippen LogP contribution in [0.2, 0.25) is 5.02 Å². The van der Waals surface area contributed by atoms with E-state index in [2.05, 4.69) is 34.1 Å². The van der Waals surface area contributed by atoms with Crippen LogP contribution >= 0.6 is 11.6 Å². The Morgan fingerprint density at radius 3 is 1.95 bits per heavy atom. The molecule has 0 unspecified atom stereocenters. The number of halogens is 1. The maximum atomic E-state index is 14.0. The zero-order valence-electron chi connectivity index (χ0n) is 25.3. The van der Waals surface area contributed by atoms with Crippen molar-refractivity contribution >= 4 is 23.5 Å². The number of carbonyl (C=O) groups excluding carboxylic acids is 2. The zero-order chi connectivity index (χ0) is 28.6. The molecule has 0 aromatic heterocycles. The molecule has 0 bridgehead atoms. The third kappa shape index (κ3) is 8.36. The van der Waals surface area contributed by atoms with Gasteiger partial charge in [0.1, 0.15) is 0 Å². The summed E-state index contributed by atoms with van der Waals surface area (Å²) in [6.07, 6.45) is 14.0. The molecular weight excluding hydrogens is 522 g/mol. The first-order valence-electron chi connectivity index (χ1n) is 15.7. The third-order valence-electron chi connectivity index (χ3n) is 9.51. The summed E-state index contributed by atoms with van der Waals surface area (Å²) in [6, 6.07) is 9.29. The molecule has 224 valence electrons. The minimum absolute atomic E-state index is 0.132. The summed E-state index contributed by atoms with van der Waals surface area (Å²) in [5.74, 6) is 0.197. The van der Waals surface area contributed by atoms with E-state index in [1.165, 1.54) is 25.7 Å². The molecule has 1 aromatic carbocycles. The van der Waals surface area contributed by atoms with E-state index in [1.54, 1.807) is 4.90 Å². The third-order valence-corrected chi connectivity index (χ3v) is 9.76. The molecule has 2 saturated carbocycles. The van der Waals surface area contributed by atoms with E-state index in [0.29, 0.717) is 42.7 Å². The molecule has 3 fully saturated rings. The van der Waals surface area contributed by atoms with Crippen LogP contribution in [0.15, 0.2) is 24.3 Å². The first kappa shape index (κ1) is 31.1. The number of urea groups is 1. The Balaban J connectivity index is 1.42. The SMILES string of the molecule is CN(C)C(=O)N(C1CCCCCC1)C1CCN(C(=O)[C@@H](Cc2ccc(Cl)cc2)NC2CCC(N(C)C)CC2)CC1. The smallest absolute Gasteiger partial charge is 0.319 e. The molecule has 2 aliphatic carbocycles. The second kappa shape index (κ2) is 14.9. The van der Waals surface area contributed by atoms with Crippen molar-refractivity contribution in [2.24, 2.45) is 0 Å². The molecule has 40 heavy (non-hydrogen) atoms. The van der Waals surface area contributed by atoms with Gasteiger partial charge in [-0.1, -0.05) is 49.4 Å². The molecule has 7 nitrogen and oxygen atoms in total. The van der Waals surface area contributed by atoms with E-state index in [4.69, 9.17) is 11.6 Å². The Labute approximate surface area is 247 Å². The number of hydrogen-bond acceptors (Lipinski definition) is 4. The minimum Gasteiger partial charge on any atom is -0.341 e. The highest BCUT2D eigenvalue weighted by Crippen LogP contribution is 2.29. The lowest BCUT2D eigenvalue weighted by atomic mass is 9.89. The maximum Gasteiger partial charge on any atom is 0.319 e. The first-order valence-corrected chi connectivity index (χ1v) is 16.1. The predicted molar refractivity (Wildman–Crippen MR) is 164 cm³/mol. The number of rotatable bonds is 8. The van der Waals surface area contributed by atoms with Crippen molar-refractivity contribution in [3.63, 3.8) is 0 Å². The van der Waals surface area contributed by atoms with Crippen LogP contribution in [0, 0.1) is 0 Å². The summed E-state index contributed by atoms with van der Waals surface area (Å²) in [5.41, 5.74) is 1.13. The van der Waals surface area contributed by atoms with Gasteiger partial charge in [-0.05, 0) is 89.6 Å². The maximum absolute atomic E-state index is 14.0. The molecule has 3 aliphatic rings. The van der Waals surface area contributed by atoms with Crippen molar-refractivity contribution in [3.05, 3.63) is 34.9 Å². The Hall–Kier alpha value is -1.83. The van der Waals surface area contributed by atoms with E-state index in [9.17, 15) is 9.59 Å². The highest BCUT2D eigenvalue weighted by atomic mass is 35.5. The molecular formula is C32H52ClN5O2. The van der Waals surface area contributed by atoms with Gasteiger partial charge in [0, 0.05) is 56.4 Å². The number of likely N-dealkylation sites (tertiary alicyclic amines) is 1. The molecule has 1 saturated heterocycles. The summed E-state index contributed by atoms with van der Waals surface area (Å²) in [4.78, 5) is 35.7. The van der Waals surface area contributed by atoms with Crippen LogP contribution in [0.25, 0.3) is 0 Å². The van der Waals surface area contributed by atoms with Crippen molar-refractivity contribution in [2.75, 3.05) is 41.3 Å². The highest BCUT2D eigenvalue weighted by molar-refractivity contribution is 6.30. The molecule has 8 heteroatoms. The standard InChI is InChI=1S/C32H52ClN5O2/c1-35(2)27-17-15-26(16-18-27)34-30(23-24-11-13-25(33)14-12-24)31(39)37-21-19-29(20-22-37)38(32(40)36(3)4)28-9-7-5-6-8-10-28/h11-14,26-30,34H,5-10,15-23H2,1-4H3/t26?,27?,30-/m1/s1. The van der Waals surface area contributed by atoms with Gasteiger partial charge < -0.3 is 24.9 Å². The molecule has 0 radical (unpaired) electrons. The van der Waals surface area contributed by atoms with Gasteiger partial charge in [-0.3, -0.25) is 4.79 Å². The Bertz CT molecular complexity index is 931. The van der Waals surface area contributed by atoms with E-state index in [1.807, 2.05) is 38.4 Å². The van der Waals surface area contributed by atoms with Gasteiger partial charge in [0.2, 0.25) is 5.91 Å². The highest BCUT2D eigenvalue weighted by Gasteiger charge is 2.37. The van der Waals surface area contributed by atoms with Crippen molar-refractivity contribution in [3.8, 4) is 0 Å². The fourth-order valence-electron chi connectivity index (χ4n) is 7.08. The monoisotopic (exact) mass is 573 g/mol.